The number of rotatable bonds is 6. The van der Waals surface area contributed by atoms with E-state index in [9.17, 15) is 4.79 Å². The van der Waals surface area contributed by atoms with Crippen molar-refractivity contribution in [1.29, 1.82) is 0 Å². The number of aromatic nitrogens is 2. The fourth-order valence-electron chi connectivity index (χ4n) is 3.22. The maximum Gasteiger partial charge on any atom is 0.300 e. The quantitative estimate of drug-likeness (QED) is 0.337. The minimum atomic E-state index is -0.833. The van der Waals surface area contributed by atoms with Gasteiger partial charge in [0.25, 0.3) is 5.97 Å². The number of carbonyl (C=O) groups excluding carboxylic acids is 1. The summed E-state index contributed by atoms with van der Waals surface area (Å²) in [5.74, 6) is -0.300. The van der Waals surface area contributed by atoms with Crippen LogP contribution in [0.1, 0.15) is 18.5 Å². The summed E-state index contributed by atoms with van der Waals surface area (Å²) >= 11 is 0. The number of hydrogen-bond donors (Lipinski definition) is 4. The molecule has 1 atom stereocenters. The standard InChI is InChI=1S/C24H22N4O2.C2H4O2/c1-30-22-11-9-16(10-12-22)19-3-2-4-21(13-19)28-24(29)23(25)18-7-5-17(6-8-18)20-14-26-27-15-20;1-2(3)4/h2-15,23H,25H2,1H3,(H,26,27)(H,28,29);1H3,(H,3,4). The molecule has 3 aromatic carbocycles. The SMILES string of the molecule is CC(=O)O.COc1ccc(-c2cccc(NC(=O)C(N)c3ccc(-c4cn[nH]c4)cc3)c2)cc1. The molecule has 8 nitrogen and oxygen atoms in total. The molecule has 0 saturated heterocycles. The predicted octanol–water partition coefficient (Wildman–Crippen LogP) is 4.48. The average molecular weight is 459 g/mol. The van der Waals surface area contributed by atoms with E-state index in [0.717, 1.165) is 40.5 Å². The molecule has 8 heteroatoms. The predicted molar refractivity (Wildman–Crippen MR) is 131 cm³/mol. The molecule has 1 unspecified atom stereocenters. The van der Waals surface area contributed by atoms with Crippen LogP contribution in [0, 0.1) is 0 Å². The molecule has 34 heavy (non-hydrogen) atoms. The summed E-state index contributed by atoms with van der Waals surface area (Å²) in [6.45, 7) is 1.08. The number of amides is 1. The molecule has 0 fully saturated rings. The highest BCUT2D eigenvalue weighted by Gasteiger charge is 2.16. The normalized spacial score (nSPS) is 11.0. The second-order valence-corrected chi connectivity index (χ2v) is 7.40. The van der Waals surface area contributed by atoms with Gasteiger partial charge in [0.2, 0.25) is 5.91 Å². The fourth-order valence-corrected chi connectivity index (χ4v) is 3.22. The highest BCUT2D eigenvalue weighted by molar-refractivity contribution is 5.96. The summed E-state index contributed by atoms with van der Waals surface area (Å²) < 4.78 is 5.20. The summed E-state index contributed by atoms with van der Waals surface area (Å²) in [7, 11) is 1.64. The van der Waals surface area contributed by atoms with Crippen molar-refractivity contribution in [3.8, 4) is 28.0 Å². The van der Waals surface area contributed by atoms with E-state index in [-0.39, 0.29) is 5.91 Å². The highest BCUT2D eigenvalue weighted by Crippen LogP contribution is 2.26. The summed E-state index contributed by atoms with van der Waals surface area (Å²) in [6.07, 6.45) is 3.56. The highest BCUT2D eigenvalue weighted by atomic mass is 16.5. The number of carboxylic acid groups (broad SMARTS) is 1. The van der Waals surface area contributed by atoms with Gasteiger partial charge in [0, 0.05) is 24.4 Å². The van der Waals surface area contributed by atoms with Gasteiger partial charge in [-0.25, -0.2) is 0 Å². The molecule has 1 heterocycles. The molecule has 0 aliphatic carbocycles. The first-order valence-electron chi connectivity index (χ1n) is 10.5. The fraction of sp³-hybridized carbons (Fsp3) is 0.115. The van der Waals surface area contributed by atoms with E-state index in [1.807, 2.05) is 79.0 Å². The van der Waals surface area contributed by atoms with E-state index in [1.54, 1.807) is 13.3 Å². The summed E-state index contributed by atoms with van der Waals surface area (Å²) in [5.41, 5.74) is 11.6. The van der Waals surface area contributed by atoms with Gasteiger partial charge in [0.1, 0.15) is 11.8 Å². The van der Waals surface area contributed by atoms with Gasteiger partial charge in [-0.05, 0) is 46.5 Å². The molecule has 0 aliphatic heterocycles. The number of ether oxygens (including phenoxy) is 1. The van der Waals surface area contributed by atoms with E-state index in [4.69, 9.17) is 20.4 Å². The van der Waals surface area contributed by atoms with E-state index < -0.39 is 12.0 Å². The molecule has 0 bridgehead atoms. The number of aliphatic carboxylic acids is 1. The molecule has 0 radical (unpaired) electrons. The summed E-state index contributed by atoms with van der Waals surface area (Å²) in [5, 5.41) is 17.1. The maximum atomic E-state index is 12.7. The zero-order valence-corrected chi connectivity index (χ0v) is 18.9. The zero-order valence-electron chi connectivity index (χ0n) is 18.9. The van der Waals surface area contributed by atoms with Crippen molar-refractivity contribution in [3.63, 3.8) is 0 Å². The van der Waals surface area contributed by atoms with Crippen LogP contribution in [0.5, 0.6) is 5.75 Å². The number of carboxylic acids is 1. The Morgan fingerprint density at radius 1 is 0.971 bits per heavy atom. The third-order valence-corrected chi connectivity index (χ3v) is 4.94. The third kappa shape index (κ3) is 6.54. The van der Waals surface area contributed by atoms with Gasteiger partial charge in [0.05, 0.1) is 13.3 Å². The topological polar surface area (TPSA) is 130 Å². The number of benzene rings is 3. The van der Waals surface area contributed by atoms with Crippen LogP contribution in [0.4, 0.5) is 5.69 Å². The first-order chi connectivity index (χ1) is 16.4. The second-order valence-electron chi connectivity index (χ2n) is 7.40. The van der Waals surface area contributed by atoms with Crippen LogP contribution in [0.3, 0.4) is 0 Å². The number of carbonyl (C=O) groups is 2. The van der Waals surface area contributed by atoms with Crippen LogP contribution in [-0.4, -0.2) is 34.3 Å². The number of hydrogen-bond acceptors (Lipinski definition) is 5. The molecule has 5 N–H and O–H groups in total. The Morgan fingerprint density at radius 2 is 1.59 bits per heavy atom. The van der Waals surface area contributed by atoms with Crippen LogP contribution in [0.15, 0.2) is 85.2 Å². The Kier molecular flexibility index (Phi) is 8.15. The van der Waals surface area contributed by atoms with Crippen molar-refractivity contribution in [2.45, 2.75) is 13.0 Å². The maximum absolute atomic E-state index is 12.7. The largest absolute Gasteiger partial charge is 0.497 e. The lowest BCUT2D eigenvalue weighted by Crippen LogP contribution is -2.27. The smallest absolute Gasteiger partial charge is 0.300 e. The van der Waals surface area contributed by atoms with Gasteiger partial charge in [-0.1, -0.05) is 48.5 Å². The van der Waals surface area contributed by atoms with Crippen LogP contribution in [0.25, 0.3) is 22.3 Å². The zero-order chi connectivity index (χ0) is 24.5. The Labute approximate surface area is 197 Å². The lowest BCUT2D eigenvalue weighted by atomic mass is 10.0. The Balaban J connectivity index is 0.000000751. The molecule has 0 aliphatic rings. The van der Waals surface area contributed by atoms with Gasteiger partial charge < -0.3 is 20.9 Å². The minimum Gasteiger partial charge on any atom is -0.497 e. The lowest BCUT2D eigenvalue weighted by Gasteiger charge is -2.14. The van der Waals surface area contributed by atoms with E-state index in [2.05, 4.69) is 15.5 Å². The Morgan fingerprint density at radius 3 is 2.18 bits per heavy atom. The second kappa shape index (κ2) is 11.4. The molecule has 1 amide bonds. The number of nitrogens with zero attached hydrogens (tertiary/aromatic N) is 1. The van der Waals surface area contributed by atoms with Crippen molar-refractivity contribution in [1.82, 2.24) is 10.2 Å². The minimum absolute atomic E-state index is 0.266. The van der Waals surface area contributed by atoms with Crippen LogP contribution in [0.2, 0.25) is 0 Å². The Hall–Kier alpha value is -4.43. The molecule has 174 valence electrons. The number of anilines is 1. The molecular weight excluding hydrogens is 432 g/mol. The van der Waals surface area contributed by atoms with E-state index in [1.165, 1.54) is 0 Å². The molecule has 0 spiro atoms. The summed E-state index contributed by atoms with van der Waals surface area (Å²) in [6, 6.07) is 22.2. The van der Waals surface area contributed by atoms with Crippen molar-refractivity contribution in [3.05, 3.63) is 90.8 Å². The average Bonchev–Trinajstić information content (AvgIpc) is 3.39. The number of nitrogens with two attached hydrogens (primary N) is 1. The van der Waals surface area contributed by atoms with Crippen LogP contribution < -0.4 is 15.8 Å². The lowest BCUT2D eigenvalue weighted by molar-refractivity contribution is -0.134. The van der Waals surface area contributed by atoms with Crippen molar-refractivity contribution >= 4 is 17.6 Å². The first-order valence-corrected chi connectivity index (χ1v) is 10.5. The third-order valence-electron chi connectivity index (χ3n) is 4.94. The molecule has 1 aromatic heterocycles. The molecule has 0 saturated carbocycles. The number of H-pyrrole nitrogens is 1. The van der Waals surface area contributed by atoms with Gasteiger partial charge in [0.15, 0.2) is 0 Å². The monoisotopic (exact) mass is 458 g/mol. The number of aromatic amines is 1. The Bertz CT molecular complexity index is 1220. The molecule has 4 rings (SSSR count). The van der Waals surface area contributed by atoms with Crippen LogP contribution >= 0.6 is 0 Å². The number of nitrogens with one attached hydrogen (secondary N) is 2. The van der Waals surface area contributed by atoms with Gasteiger partial charge in [-0.2, -0.15) is 5.10 Å². The van der Waals surface area contributed by atoms with Gasteiger partial charge in [-0.3, -0.25) is 14.7 Å². The van der Waals surface area contributed by atoms with Crippen molar-refractivity contribution in [2.75, 3.05) is 12.4 Å². The summed E-state index contributed by atoms with van der Waals surface area (Å²) in [4.78, 5) is 21.7. The van der Waals surface area contributed by atoms with Gasteiger partial charge >= 0.3 is 0 Å². The molecular formula is C26H26N4O4. The van der Waals surface area contributed by atoms with E-state index in [0.29, 0.717) is 5.69 Å². The van der Waals surface area contributed by atoms with Crippen molar-refractivity contribution in [2.24, 2.45) is 5.73 Å². The van der Waals surface area contributed by atoms with E-state index >= 15 is 0 Å². The van der Waals surface area contributed by atoms with Crippen LogP contribution in [-0.2, 0) is 9.59 Å². The first kappa shape index (κ1) is 24.2. The van der Waals surface area contributed by atoms with Crippen molar-refractivity contribution < 1.29 is 19.4 Å². The number of methoxy groups -OCH3 is 1. The molecule has 4 aromatic rings. The van der Waals surface area contributed by atoms with Gasteiger partial charge in [-0.15, -0.1) is 0 Å².